The van der Waals surface area contributed by atoms with Gasteiger partial charge >= 0.3 is 0 Å². The van der Waals surface area contributed by atoms with E-state index < -0.39 is 0 Å². The SMILES string of the molecule is CCC(C)Nc1nc(Cl)c2c(n1)CCCC2. The molecular formula is C12H18ClN3. The molecule has 1 aliphatic carbocycles. The number of hydrogen-bond acceptors (Lipinski definition) is 3. The van der Waals surface area contributed by atoms with Crippen molar-refractivity contribution in [2.45, 2.75) is 52.0 Å². The molecule has 0 saturated carbocycles. The van der Waals surface area contributed by atoms with E-state index in [1.54, 1.807) is 0 Å². The van der Waals surface area contributed by atoms with Gasteiger partial charge in [0, 0.05) is 11.6 Å². The summed E-state index contributed by atoms with van der Waals surface area (Å²) in [4.78, 5) is 8.87. The highest BCUT2D eigenvalue weighted by Gasteiger charge is 2.16. The summed E-state index contributed by atoms with van der Waals surface area (Å²) < 4.78 is 0. The fourth-order valence-corrected chi connectivity index (χ4v) is 2.22. The van der Waals surface area contributed by atoms with E-state index in [1.165, 1.54) is 12.8 Å². The van der Waals surface area contributed by atoms with Crippen LogP contribution in [0.3, 0.4) is 0 Å². The molecule has 2 rings (SSSR count). The molecule has 1 heterocycles. The lowest BCUT2D eigenvalue weighted by Crippen LogP contribution is -2.18. The summed E-state index contributed by atoms with van der Waals surface area (Å²) in [5, 5.41) is 3.91. The number of nitrogens with one attached hydrogen (secondary N) is 1. The molecule has 0 spiro atoms. The van der Waals surface area contributed by atoms with Crippen LogP contribution in [-0.4, -0.2) is 16.0 Å². The summed E-state index contributed by atoms with van der Waals surface area (Å²) in [6.45, 7) is 4.26. The Kier molecular flexibility index (Phi) is 3.64. The smallest absolute Gasteiger partial charge is 0.224 e. The standard InChI is InChI=1S/C12H18ClN3/c1-3-8(2)14-12-15-10-7-5-4-6-9(10)11(13)16-12/h8H,3-7H2,1-2H3,(H,14,15,16). The Hall–Kier alpha value is -0.830. The van der Waals surface area contributed by atoms with Crippen molar-refractivity contribution in [2.24, 2.45) is 0 Å². The van der Waals surface area contributed by atoms with Crippen LogP contribution in [0.15, 0.2) is 0 Å². The molecule has 0 fully saturated rings. The first-order chi connectivity index (χ1) is 7.70. The molecule has 0 aromatic carbocycles. The van der Waals surface area contributed by atoms with Crippen LogP contribution in [0, 0.1) is 0 Å². The van der Waals surface area contributed by atoms with Crippen LogP contribution in [0.2, 0.25) is 5.15 Å². The highest BCUT2D eigenvalue weighted by Crippen LogP contribution is 2.26. The zero-order chi connectivity index (χ0) is 11.5. The molecule has 0 aliphatic heterocycles. The van der Waals surface area contributed by atoms with E-state index in [0.717, 1.165) is 30.5 Å². The molecule has 16 heavy (non-hydrogen) atoms. The highest BCUT2D eigenvalue weighted by molar-refractivity contribution is 6.30. The molecule has 3 nitrogen and oxygen atoms in total. The number of anilines is 1. The molecule has 1 aromatic rings. The average Bonchev–Trinajstić information content (AvgIpc) is 2.29. The fourth-order valence-electron chi connectivity index (χ4n) is 1.94. The second-order valence-electron chi connectivity index (χ2n) is 4.42. The number of hydrogen-bond donors (Lipinski definition) is 1. The van der Waals surface area contributed by atoms with E-state index in [2.05, 4.69) is 29.1 Å². The minimum atomic E-state index is 0.387. The minimum absolute atomic E-state index is 0.387. The third kappa shape index (κ3) is 2.46. The topological polar surface area (TPSA) is 37.8 Å². The van der Waals surface area contributed by atoms with Crippen LogP contribution in [0.25, 0.3) is 0 Å². The van der Waals surface area contributed by atoms with E-state index in [4.69, 9.17) is 11.6 Å². The molecule has 1 atom stereocenters. The highest BCUT2D eigenvalue weighted by atomic mass is 35.5. The summed E-state index contributed by atoms with van der Waals surface area (Å²) in [6, 6.07) is 0.387. The number of nitrogens with zero attached hydrogens (tertiary/aromatic N) is 2. The Morgan fingerprint density at radius 1 is 1.31 bits per heavy atom. The summed E-state index contributed by atoms with van der Waals surface area (Å²) >= 11 is 6.18. The lowest BCUT2D eigenvalue weighted by Gasteiger charge is -2.18. The van der Waals surface area contributed by atoms with Gasteiger partial charge in [0.25, 0.3) is 0 Å². The lowest BCUT2D eigenvalue weighted by atomic mass is 9.97. The van der Waals surface area contributed by atoms with Crippen LogP contribution in [0.1, 0.15) is 44.4 Å². The molecular weight excluding hydrogens is 222 g/mol. The normalized spacial score (nSPS) is 16.7. The number of rotatable bonds is 3. The van der Waals surface area contributed by atoms with Crippen LogP contribution in [0.4, 0.5) is 5.95 Å². The van der Waals surface area contributed by atoms with Gasteiger partial charge in [-0.25, -0.2) is 9.97 Å². The quantitative estimate of drug-likeness (QED) is 0.823. The van der Waals surface area contributed by atoms with E-state index in [-0.39, 0.29) is 0 Å². The van der Waals surface area contributed by atoms with Gasteiger partial charge in [0.1, 0.15) is 5.15 Å². The molecule has 0 bridgehead atoms. The average molecular weight is 240 g/mol. The first-order valence-electron chi connectivity index (χ1n) is 6.02. The maximum atomic E-state index is 6.18. The second-order valence-corrected chi connectivity index (χ2v) is 4.78. The number of fused-ring (bicyclic) bond motifs is 1. The van der Waals surface area contributed by atoms with Crippen molar-refractivity contribution in [1.29, 1.82) is 0 Å². The van der Waals surface area contributed by atoms with Crippen LogP contribution in [-0.2, 0) is 12.8 Å². The molecule has 1 unspecified atom stereocenters. The Morgan fingerprint density at radius 3 is 2.81 bits per heavy atom. The van der Waals surface area contributed by atoms with Gasteiger partial charge in [0.2, 0.25) is 5.95 Å². The molecule has 88 valence electrons. The van der Waals surface area contributed by atoms with Gasteiger partial charge < -0.3 is 5.32 Å². The molecule has 1 N–H and O–H groups in total. The Balaban J connectivity index is 2.24. The molecule has 1 aromatic heterocycles. The zero-order valence-corrected chi connectivity index (χ0v) is 10.6. The zero-order valence-electron chi connectivity index (χ0n) is 9.89. The van der Waals surface area contributed by atoms with Gasteiger partial charge in [-0.1, -0.05) is 18.5 Å². The van der Waals surface area contributed by atoms with E-state index in [1.807, 2.05) is 0 Å². The van der Waals surface area contributed by atoms with E-state index >= 15 is 0 Å². The molecule has 4 heteroatoms. The van der Waals surface area contributed by atoms with Crippen molar-refractivity contribution in [2.75, 3.05) is 5.32 Å². The number of halogens is 1. The summed E-state index contributed by atoms with van der Waals surface area (Å²) in [7, 11) is 0. The minimum Gasteiger partial charge on any atom is -0.352 e. The maximum Gasteiger partial charge on any atom is 0.224 e. The van der Waals surface area contributed by atoms with Gasteiger partial charge in [-0.05, 0) is 39.0 Å². The van der Waals surface area contributed by atoms with E-state index in [9.17, 15) is 0 Å². The largest absolute Gasteiger partial charge is 0.352 e. The van der Waals surface area contributed by atoms with Crippen molar-refractivity contribution in [3.05, 3.63) is 16.4 Å². The summed E-state index contributed by atoms with van der Waals surface area (Å²) in [5.74, 6) is 0.681. The molecule has 0 radical (unpaired) electrons. The van der Waals surface area contributed by atoms with Gasteiger partial charge in [-0.15, -0.1) is 0 Å². The van der Waals surface area contributed by atoms with Gasteiger partial charge in [0.15, 0.2) is 0 Å². The second kappa shape index (κ2) is 5.00. The third-order valence-corrected chi connectivity index (χ3v) is 3.43. The van der Waals surface area contributed by atoms with E-state index in [0.29, 0.717) is 17.1 Å². The molecule has 1 aliphatic rings. The van der Waals surface area contributed by atoms with Gasteiger partial charge in [-0.3, -0.25) is 0 Å². The van der Waals surface area contributed by atoms with Crippen molar-refractivity contribution in [1.82, 2.24) is 9.97 Å². The Morgan fingerprint density at radius 2 is 2.06 bits per heavy atom. The Labute approximate surface area is 102 Å². The molecule has 0 saturated heterocycles. The van der Waals surface area contributed by atoms with Crippen molar-refractivity contribution in [3.8, 4) is 0 Å². The fraction of sp³-hybridized carbons (Fsp3) is 0.667. The van der Waals surface area contributed by atoms with Crippen molar-refractivity contribution >= 4 is 17.5 Å². The third-order valence-electron chi connectivity index (χ3n) is 3.12. The first kappa shape index (κ1) is 11.6. The first-order valence-corrected chi connectivity index (χ1v) is 6.40. The maximum absolute atomic E-state index is 6.18. The van der Waals surface area contributed by atoms with Crippen LogP contribution < -0.4 is 5.32 Å². The Bertz CT molecular complexity index is 379. The van der Waals surface area contributed by atoms with Gasteiger partial charge in [0.05, 0.1) is 5.69 Å². The molecule has 0 amide bonds. The predicted octanol–water partition coefficient (Wildman–Crippen LogP) is 3.22. The van der Waals surface area contributed by atoms with Crippen LogP contribution >= 0.6 is 11.6 Å². The van der Waals surface area contributed by atoms with Crippen molar-refractivity contribution in [3.63, 3.8) is 0 Å². The van der Waals surface area contributed by atoms with Crippen LogP contribution in [0.5, 0.6) is 0 Å². The summed E-state index contributed by atoms with van der Waals surface area (Å²) in [6.07, 6.45) is 5.53. The predicted molar refractivity (Wildman–Crippen MR) is 67.1 cm³/mol. The van der Waals surface area contributed by atoms with Crippen molar-refractivity contribution < 1.29 is 0 Å². The lowest BCUT2D eigenvalue weighted by molar-refractivity contribution is 0.660. The summed E-state index contributed by atoms with van der Waals surface area (Å²) in [5.41, 5.74) is 2.29. The number of aryl methyl sites for hydroxylation is 1. The number of aromatic nitrogens is 2. The van der Waals surface area contributed by atoms with Gasteiger partial charge in [-0.2, -0.15) is 0 Å². The monoisotopic (exact) mass is 239 g/mol.